The van der Waals surface area contributed by atoms with E-state index in [2.05, 4.69) is 0 Å². The van der Waals surface area contributed by atoms with Gasteiger partial charge in [-0.2, -0.15) is 0 Å². The predicted octanol–water partition coefficient (Wildman–Crippen LogP) is -1.40. The van der Waals surface area contributed by atoms with Gasteiger partial charge in [0.25, 0.3) is 0 Å². The molecule has 17 heavy (non-hydrogen) atoms. The molecule has 0 spiro atoms. The molecule has 7 heteroatoms. The molecular formula is C10H12N2O5. The first-order chi connectivity index (χ1) is 8.06. The second-order valence-electron chi connectivity index (χ2n) is 3.98. The zero-order valence-corrected chi connectivity index (χ0v) is 9.09. The average molecular weight is 240 g/mol. The van der Waals surface area contributed by atoms with Gasteiger partial charge in [0.05, 0.1) is 6.61 Å². The maximum absolute atomic E-state index is 11.5. The van der Waals surface area contributed by atoms with Gasteiger partial charge >= 0.3 is 0 Å². The van der Waals surface area contributed by atoms with E-state index < -0.39 is 36.4 Å². The summed E-state index contributed by atoms with van der Waals surface area (Å²) in [6.07, 6.45) is -0.922. The van der Waals surface area contributed by atoms with Crippen LogP contribution in [0.3, 0.4) is 0 Å². The Morgan fingerprint density at radius 3 is 1.35 bits per heavy atom. The second kappa shape index (κ2) is 4.25. The third-order valence-corrected chi connectivity index (χ3v) is 2.94. The first-order valence-corrected chi connectivity index (χ1v) is 5.37. The van der Waals surface area contributed by atoms with E-state index in [-0.39, 0.29) is 25.7 Å². The number of hydrogen-bond acceptors (Lipinski definition) is 5. The number of aliphatic hydroxyl groups excluding tert-OH is 1. The van der Waals surface area contributed by atoms with Gasteiger partial charge in [-0.3, -0.25) is 29.0 Å². The van der Waals surface area contributed by atoms with E-state index in [0.717, 1.165) is 9.80 Å². The number of carbonyl (C=O) groups is 4. The summed E-state index contributed by atoms with van der Waals surface area (Å²) in [7, 11) is 0. The van der Waals surface area contributed by atoms with Crippen LogP contribution in [0.1, 0.15) is 25.7 Å². The van der Waals surface area contributed by atoms with Crippen LogP contribution in [0.4, 0.5) is 0 Å². The molecule has 0 saturated carbocycles. The standard InChI is InChI=1S/C10H12N2O5/c13-5-6(11-7(14)1-2-8(11)15)12-9(16)3-4-10(12)17/h6,13H,1-5H2. The fraction of sp³-hybridized carbons (Fsp3) is 0.600. The normalized spacial score (nSPS) is 21.3. The molecule has 0 aromatic rings. The summed E-state index contributed by atoms with van der Waals surface area (Å²) in [6, 6.07) is 0. The highest BCUT2D eigenvalue weighted by molar-refractivity contribution is 6.06. The summed E-state index contributed by atoms with van der Waals surface area (Å²) in [5.41, 5.74) is 0. The quantitative estimate of drug-likeness (QED) is 0.612. The minimum absolute atomic E-state index is 0.0611. The van der Waals surface area contributed by atoms with Crippen LogP contribution in [-0.4, -0.2) is 51.3 Å². The van der Waals surface area contributed by atoms with Crippen molar-refractivity contribution in [2.24, 2.45) is 0 Å². The number of nitrogens with zero attached hydrogens (tertiary/aromatic N) is 2. The summed E-state index contributed by atoms with van der Waals surface area (Å²) in [5.74, 6) is -1.83. The molecule has 0 aromatic carbocycles. The van der Waals surface area contributed by atoms with Crippen molar-refractivity contribution in [1.29, 1.82) is 0 Å². The van der Waals surface area contributed by atoms with E-state index in [1.165, 1.54) is 0 Å². The minimum Gasteiger partial charge on any atom is -0.392 e. The van der Waals surface area contributed by atoms with Crippen LogP contribution in [0.5, 0.6) is 0 Å². The summed E-state index contributed by atoms with van der Waals surface area (Å²) >= 11 is 0. The van der Waals surface area contributed by atoms with E-state index in [1.54, 1.807) is 0 Å². The zero-order chi connectivity index (χ0) is 12.6. The molecule has 0 aliphatic carbocycles. The van der Waals surface area contributed by atoms with Crippen LogP contribution in [0.15, 0.2) is 0 Å². The van der Waals surface area contributed by atoms with Crippen molar-refractivity contribution >= 4 is 23.6 Å². The lowest BCUT2D eigenvalue weighted by Gasteiger charge is -2.30. The molecule has 7 nitrogen and oxygen atoms in total. The topological polar surface area (TPSA) is 95.0 Å². The number of rotatable bonds is 3. The fourth-order valence-electron chi connectivity index (χ4n) is 2.13. The second-order valence-corrected chi connectivity index (χ2v) is 3.98. The van der Waals surface area contributed by atoms with Crippen LogP contribution >= 0.6 is 0 Å². The molecule has 0 aromatic heterocycles. The van der Waals surface area contributed by atoms with Crippen LogP contribution < -0.4 is 0 Å². The Morgan fingerprint density at radius 1 is 0.824 bits per heavy atom. The fourth-order valence-corrected chi connectivity index (χ4v) is 2.13. The van der Waals surface area contributed by atoms with Crippen LogP contribution in [-0.2, 0) is 19.2 Å². The number of likely N-dealkylation sites (tertiary alicyclic amines) is 2. The van der Waals surface area contributed by atoms with Crippen molar-refractivity contribution in [2.45, 2.75) is 31.8 Å². The molecule has 2 heterocycles. The summed E-state index contributed by atoms with van der Waals surface area (Å²) in [5, 5.41) is 9.23. The Morgan fingerprint density at radius 2 is 1.12 bits per heavy atom. The highest BCUT2D eigenvalue weighted by Crippen LogP contribution is 2.22. The maximum atomic E-state index is 11.5. The number of carbonyl (C=O) groups excluding carboxylic acids is 4. The lowest BCUT2D eigenvalue weighted by atomic mass is 10.3. The van der Waals surface area contributed by atoms with Gasteiger partial charge in [0.1, 0.15) is 6.17 Å². The first-order valence-electron chi connectivity index (χ1n) is 5.37. The Hall–Kier alpha value is -1.76. The molecular weight excluding hydrogens is 228 g/mol. The van der Waals surface area contributed by atoms with Gasteiger partial charge in [-0.15, -0.1) is 0 Å². The number of hydrogen-bond donors (Lipinski definition) is 1. The van der Waals surface area contributed by atoms with Gasteiger partial charge in [0.2, 0.25) is 23.6 Å². The Balaban J connectivity index is 2.27. The van der Waals surface area contributed by atoms with Crippen molar-refractivity contribution in [2.75, 3.05) is 6.61 Å². The lowest BCUT2D eigenvalue weighted by Crippen LogP contribution is -2.54. The van der Waals surface area contributed by atoms with Crippen molar-refractivity contribution in [3.05, 3.63) is 0 Å². The Kier molecular flexibility index (Phi) is 2.93. The SMILES string of the molecule is O=C1CCC(=O)N1C(CO)N1C(=O)CCC1=O. The molecule has 2 fully saturated rings. The van der Waals surface area contributed by atoms with Crippen LogP contribution in [0.2, 0.25) is 0 Å². The van der Waals surface area contributed by atoms with Gasteiger partial charge < -0.3 is 5.11 Å². The van der Waals surface area contributed by atoms with Crippen LogP contribution in [0.25, 0.3) is 0 Å². The monoisotopic (exact) mass is 240 g/mol. The van der Waals surface area contributed by atoms with Gasteiger partial charge in [0, 0.05) is 25.7 Å². The molecule has 2 aliphatic heterocycles. The van der Waals surface area contributed by atoms with Crippen molar-refractivity contribution in [3.8, 4) is 0 Å². The Labute approximate surface area is 97.0 Å². The number of aliphatic hydroxyl groups is 1. The Bertz CT molecular complexity index is 338. The molecule has 0 atom stereocenters. The summed E-state index contributed by atoms with van der Waals surface area (Å²) < 4.78 is 0. The van der Waals surface area contributed by atoms with Crippen LogP contribution in [0, 0.1) is 0 Å². The van der Waals surface area contributed by atoms with Gasteiger partial charge in [-0.25, -0.2) is 0 Å². The van der Waals surface area contributed by atoms with Gasteiger partial charge in [-0.1, -0.05) is 0 Å². The smallest absolute Gasteiger partial charge is 0.231 e. The lowest BCUT2D eigenvalue weighted by molar-refractivity contribution is -0.156. The third kappa shape index (κ3) is 1.82. The molecule has 0 unspecified atom stereocenters. The molecule has 92 valence electrons. The molecule has 1 N–H and O–H groups in total. The third-order valence-electron chi connectivity index (χ3n) is 2.94. The van der Waals surface area contributed by atoms with E-state index in [4.69, 9.17) is 0 Å². The highest BCUT2D eigenvalue weighted by atomic mass is 16.3. The van der Waals surface area contributed by atoms with Crippen molar-refractivity contribution in [3.63, 3.8) is 0 Å². The van der Waals surface area contributed by atoms with E-state index >= 15 is 0 Å². The highest BCUT2D eigenvalue weighted by Gasteiger charge is 2.43. The van der Waals surface area contributed by atoms with Crippen molar-refractivity contribution < 1.29 is 24.3 Å². The largest absolute Gasteiger partial charge is 0.392 e. The molecule has 2 saturated heterocycles. The summed E-state index contributed by atoms with van der Waals surface area (Å²) in [4.78, 5) is 47.6. The van der Waals surface area contributed by atoms with E-state index in [1.807, 2.05) is 0 Å². The molecule has 2 rings (SSSR count). The average Bonchev–Trinajstić information content (AvgIpc) is 2.78. The summed E-state index contributed by atoms with van der Waals surface area (Å²) in [6.45, 7) is -0.616. The molecule has 0 radical (unpaired) electrons. The predicted molar refractivity (Wildman–Crippen MR) is 53.0 cm³/mol. The minimum atomic E-state index is -1.17. The molecule has 2 aliphatic rings. The van der Waals surface area contributed by atoms with E-state index in [9.17, 15) is 24.3 Å². The van der Waals surface area contributed by atoms with Gasteiger partial charge in [-0.05, 0) is 0 Å². The first kappa shape index (κ1) is 11.7. The number of imide groups is 2. The van der Waals surface area contributed by atoms with E-state index in [0.29, 0.717) is 0 Å². The van der Waals surface area contributed by atoms with Gasteiger partial charge in [0.15, 0.2) is 0 Å². The molecule has 4 amide bonds. The zero-order valence-electron chi connectivity index (χ0n) is 9.09. The molecule has 0 bridgehead atoms. The van der Waals surface area contributed by atoms with Crippen molar-refractivity contribution in [1.82, 2.24) is 9.80 Å². The maximum Gasteiger partial charge on any atom is 0.231 e. The number of amides is 4.